The van der Waals surface area contributed by atoms with Crippen LogP contribution in [0.2, 0.25) is 0 Å². The Morgan fingerprint density at radius 1 is 1.14 bits per heavy atom. The van der Waals surface area contributed by atoms with E-state index in [1.165, 1.54) is 37.7 Å². The van der Waals surface area contributed by atoms with E-state index >= 15 is 0 Å². The fourth-order valence-corrected chi connectivity index (χ4v) is 3.49. The highest BCUT2D eigenvalue weighted by Crippen LogP contribution is 2.56. The van der Waals surface area contributed by atoms with Gasteiger partial charge in [-0.05, 0) is 49.5 Å². The van der Waals surface area contributed by atoms with Gasteiger partial charge < -0.3 is 5.11 Å². The first-order valence-electron chi connectivity index (χ1n) is 5.59. The van der Waals surface area contributed by atoms with Gasteiger partial charge in [-0.1, -0.05) is 18.2 Å². The number of phenols is 1. The summed E-state index contributed by atoms with van der Waals surface area (Å²) in [6.07, 6.45) is 6.62. The fraction of sp³-hybridized carbons (Fsp3) is 0.538. The first-order chi connectivity index (χ1) is 6.80. The number of rotatable bonds is 1. The van der Waals surface area contributed by atoms with Crippen molar-refractivity contribution in [1.29, 1.82) is 0 Å². The second kappa shape index (κ2) is 2.75. The Bertz CT molecular complexity index is 348. The summed E-state index contributed by atoms with van der Waals surface area (Å²) in [6.45, 7) is 0. The molecule has 0 aliphatic heterocycles. The lowest BCUT2D eigenvalue weighted by Gasteiger charge is -2.27. The van der Waals surface area contributed by atoms with E-state index in [1.807, 2.05) is 12.1 Å². The average Bonchev–Trinajstić information content (AvgIpc) is 2.79. The molecule has 2 fully saturated rings. The van der Waals surface area contributed by atoms with Crippen LogP contribution in [0.15, 0.2) is 24.3 Å². The maximum Gasteiger partial charge on any atom is 0.119 e. The van der Waals surface area contributed by atoms with Crippen molar-refractivity contribution in [2.24, 2.45) is 5.92 Å². The Morgan fingerprint density at radius 3 is 2.43 bits per heavy atom. The Morgan fingerprint density at radius 2 is 1.86 bits per heavy atom. The number of phenolic OH excluding ortho intramolecular Hbond substituents is 1. The monoisotopic (exact) mass is 188 g/mol. The van der Waals surface area contributed by atoms with Crippen LogP contribution in [0.25, 0.3) is 0 Å². The standard InChI is InChI=1S/C13H16O/c14-12-4-2-1-3-11(12)13-7-5-10(9-13)6-8-13/h1-4,10,14H,5-9H2. The van der Waals surface area contributed by atoms with E-state index in [1.54, 1.807) is 0 Å². The van der Waals surface area contributed by atoms with Crippen LogP contribution in [0.5, 0.6) is 5.75 Å². The summed E-state index contributed by atoms with van der Waals surface area (Å²) >= 11 is 0. The second-order valence-electron chi connectivity index (χ2n) is 4.94. The predicted molar refractivity (Wildman–Crippen MR) is 56.4 cm³/mol. The predicted octanol–water partition coefficient (Wildman–Crippen LogP) is 3.22. The van der Waals surface area contributed by atoms with Crippen LogP contribution in [0.4, 0.5) is 0 Å². The molecule has 0 radical (unpaired) electrons. The van der Waals surface area contributed by atoms with Crippen LogP contribution in [-0.2, 0) is 5.41 Å². The lowest BCUT2D eigenvalue weighted by molar-refractivity contribution is 0.389. The lowest BCUT2D eigenvalue weighted by atomic mass is 9.77. The summed E-state index contributed by atoms with van der Waals surface area (Å²) in [5.41, 5.74) is 1.55. The molecule has 0 spiro atoms. The molecular formula is C13H16O. The summed E-state index contributed by atoms with van der Waals surface area (Å²) < 4.78 is 0. The van der Waals surface area contributed by atoms with Gasteiger partial charge in [0, 0.05) is 5.56 Å². The third kappa shape index (κ3) is 1.01. The molecule has 2 bridgehead atoms. The van der Waals surface area contributed by atoms with E-state index < -0.39 is 0 Å². The molecular weight excluding hydrogens is 172 g/mol. The molecule has 1 aromatic rings. The first-order valence-corrected chi connectivity index (χ1v) is 5.59. The molecule has 1 N–H and O–H groups in total. The average molecular weight is 188 g/mol. The summed E-state index contributed by atoms with van der Waals surface area (Å²) in [4.78, 5) is 0. The van der Waals surface area contributed by atoms with Crippen LogP contribution in [0.1, 0.15) is 37.7 Å². The van der Waals surface area contributed by atoms with Gasteiger partial charge in [0.2, 0.25) is 0 Å². The zero-order valence-electron chi connectivity index (χ0n) is 8.37. The summed E-state index contributed by atoms with van der Waals surface area (Å²) in [5.74, 6) is 1.45. The molecule has 1 aromatic carbocycles. The summed E-state index contributed by atoms with van der Waals surface area (Å²) in [6, 6.07) is 7.91. The van der Waals surface area contributed by atoms with E-state index in [9.17, 15) is 5.11 Å². The van der Waals surface area contributed by atoms with Gasteiger partial charge >= 0.3 is 0 Å². The smallest absolute Gasteiger partial charge is 0.119 e. The topological polar surface area (TPSA) is 20.2 Å². The second-order valence-corrected chi connectivity index (χ2v) is 4.94. The number of para-hydroxylation sites is 1. The van der Waals surface area contributed by atoms with Crippen LogP contribution < -0.4 is 0 Å². The highest BCUT2D eigenvalue weighted by molar-refractivity contribution is 5.40. The van der Waals surface area contributed by atoms with Gasteiger partial charge in [0.1, 0.15) is 5.75 Å². The molecule has 2 aliphatic rings. The number of benzene rings is 1. The SMILES string of the molecule is Oc1ccccc1C12CCC(CC1)C2. The fourth-order valence-electron chi connectivity index (χ4n) is 3.49. The van der Waals surface area contributed by atoms with Crippen molar-refractivity contribution in [3.05, 3.63) is 29.8 Å². The molecule has 0 atom stereocenters. The maximum absolute atomic E-state index is 9.89. The van der Waals surface area contributed by atoms with Crippen molar-refractivity contribution in [1.82, 2.24) is 0 Å². The third-order valence-corrected chi connectivity index (χ3v) is 4.22. The van der Waals surface area contributed by atoms with Gasteiger partial charge in [0.15, 0.2) is 0 Å². The number of fused-ring (bicyclic) bond motifs is 2. The minimum atomic E-state index is 0.343. The quantitative estimate of drug-likeness (QED) is 0.717. The zero-order valence-corrected chi connectivity index (χ0v) is 8.37. The summed E-state index contributed by atoms with van der Waals surface area (Å²) in [5, 5.41) is 9.89. The Kier molecular flexibility index (Phi) is 1.64. The maximum atomic E-state index is 9.89. The molecule has 1 heteroatoms. The largest absolute Gasteiger partial charge is 0.508 e. The van der Waals surface area contributed by atoms with E-state index in [-0.39, 0.29) is 0 Å². The number of hydrogen-bond acceptors (Lipinski definition) is 1. The van der Waals surface area contributed by atoms with E-state index in [0.29, 0.717) is 11.2 Å². The van der Waals surface area contributed by atoms with Crippen molar-refractivity contribution in [3.63, 3.8) is 0 Å². The molecule has 2 saturated carbocycles. The minimum absolute atomic E-state index is 0.343. The summed E-state index contributed by atoms with van der Waals surface area (Å²) in [7, 11) is 0. The Hall–Kier alpha value is -0.980. The Balaban J connectivity index is 2.06. The molecule has 0 unspecified atom stereocenters. The highest BCUT2D eigenvalue weighted by Gasteiger charge is 2.46. The van der Waals surface area contributed by atoms with Crippen molar-refractivity contribution >= 4 is 0 Å². The molecule has 3 rings (SSSR count). The third-order valence-electron chi connectivity index (χ3n) is 4.22. The molecule has 0 saturated heterocycles. The van der Waals surface area contributed by atoms with Gasteiger partial charge in [-0.15, -0.1) is 0 Å². The van der Waals surface area contributed by atoms with Crippen LogP contribution in [0.3, 0.4) is 0 Å². The van der Waals surface area contributed by atoms with Crippen molar-refractivity contribution in [2.75, 3.05) is 0 Å². The van der Waals surface area contributed by atoms with Gasteiger partial charge in [-0.3, -0.25) is 0 Å². The molecule has 14 heavy (non-hydrogen) atoms. The zero-order chi connectivity index (χ0) is 9.60. The molecule has 2 aliphatic carbocycles. The molecule has 0 aromatic heterocycles. The number of hydrogen-bond donors (Lipinski definition) is 1. The highest BCUT2D eigenvalue weighted by atomic mass is 16.3. The van der Waals surface area contributed by atoms with Crippen LogP contribution >= 0.6 is 0 Å². The lowest BCUT2D eigenvalue weighted by Crippen LogP contribution is -2.19. The molecule has 74 valence electrons. The Labute approximate surface area is 84.8 Å². The molecule has 1 nitrogen and oxygen atoms in total. The van der Waals surface area contributed by atoms with Crippen molar-refractivity contribution in [2.45, 2.75) is 37.5 Å². The van der Waals surface area contributed by atoms with Gasteiger partial charge in [0.25, 0.3) is 0 Å². The van der Waals surface area contributed by atoms with Gasteiger partial charge in [0.05, 0.1) is 0 Å². The molecule has 0 heterocycles. The van der Waals surface area contributed by atoms with Gasteiger partial charge in [-0.25, -0.2) is 0 Å². The van der Waals surface area contributed by atoms with Crippen LogP contribution in [-0.4, -0.2) is 5.11 Å². The van der Waals surface area contributed by atoms with E-state index in [2.05, 4.69) is 12.1 Å². The van der Waals surface area contributed by atoms with E-state index in [0.717, 1.165) is 5.92 Å². The normalized spacial score (nSPS) is 35.0. The number of aromatic hydroxyl groups is 1. The minimum Gasteiger partial charge on any atom is -0.508 e. The first kappa shape index (κ1) is 8.34. The van der Waals surface area contributed by atoms with E-state index in [4.69, 9.17) is 0 Å². The van der Waals surface area contributed by atoms with Crippen molar-refractivity contribution in [3.8, 4) is 5.75 Å². The van der Waals surface area contributed by atoms with Gasteiger partial charge in [-0.2, -0.15) is 0 Å². The van der Waals surface area contributed by atoms with Crippen molar-refractivity contribution < 1.29 is 5.11 Å². The molecule has 0 amide bonds. The van der Waals surface area contributed by atoms with Crippen LogP contribution in [0, 0.1) is 5.92 Å².